The Morgan fingerprint density at radius 3 is 2.49 bits per heavy atom. The summed E-state index contributed by atoms with van der Waals surface area (Å²) in [5, 5.41) is 10.8. The molecule has 0 saturated carbocycles. The lowest BCUT2D eigenvalue weighted by molar-refractivity contribution is 0.0908. The van der Waals surface area contributed by atoms with Crippen LogP contribution in [-0.2, 0) is 6.54 Å². The molecule has 0 bridgehead atoms. The van der Waals surface area contributed by atoms with Gasteiger partial charge in [-0.2, -0.15) is 14.8 Å². The summed E-state index contributed by atoms with van der Waals surface area (Å²) in [5.74, 6) is -0.915. The Morgan fingerprint density at radius 1 is 1.09 bits per heavy atom. The van der Waals surface area contributed by atoms with Crippen LogP contribution in [0, 0.1) is 6.92 Å². The van der Waals surface area contributed by atoms with Gasteiger partial charge in [-0.25, -0.2) is 4.79 Å². The number of amides is 1. The van der Waals surface area contributed by atoms with E-state index in [-0.39, 0.29) is 24.0 Å². The summed E-state index contributed by atoms with van der Waals surface area (Å²) in [7, 11) is 0. The van der Waals surface area contributed by atoms with E-state index in [0.717, 1.165) is 40.9 Å². The number of aryl methyl sites for hydroxylation is 1. The number of aromatic nitrogens is 5. The highest BCUT2D eigenvalue weighted by atomic mass is 16.5. The van der Waals surface area contributed by atoms with Gasteiger partial charge in [0.2, 0.25) is 5.82 Å². The van der Waals surface area contributed by atoms with E-state index in [1.165, 1.54) is 25.7 Å². The van der Waals surface area contributed by atoms with Gasteiger partial charge in [-0.05, 0) is 64.9 Å². The van der Waals surface area contributed by atoms with Crippen molar-refractivity contribution >= 4 is 5.91 Å². The first-order valence-electron chi connectivity index (χ1n) is 12.1. The third-order valence-corrected chi connectivity index (χ3v) is 6.12. The molecule has 0 radical (unpaired) electrons. The largest absolute Gasteiger partial charge is 0.352 e. The Balaban J connectivity index is 1.48. The first-order valence-corrected chi connectivity index (χ1v) is 12.1. The number of benzene rings is 1. The molecule has 1 amide bonds. The molecule has 2 aromatic heterocycles. The summed E-state index contributed by atoms with van der Waals surface area (Å²) in [4.78, 5) is 44.7. The summed E-state index contributed by atoms with van der Waals surface area (Å²) in [6.45, 7) is 7.37. The molecule has 0 unspecified atom stereocenters. The molecule has 4 rings (SSSR count). The minimum absolute atomic E-state index is 0.140. The smallest absolute Gasteiger partial charge is 0.348 e. The van der Waals surface area contributed by atoms with Crippen LogP contribution in [0.1, 0.15) is 55.3 Å². The van der Waals surface area contributed by atoms with E-state index in [4.69, 9.17) is 4.52 Å². The highest BCUT2D eigenvalue weighted by molar-refractivity contribution is 5.89. The average molecular weight is 482 g/mol. The monoisotopic (exact) mass is 481 g/mol. The van der Waals surface area contributed by atoms with E-state index < -0.39 is 17.2 Å². The van der Waals surface area contributed by atoms with Crippen LogP contribution in [0.15, 0.2) is 38.4 Å². The lowest BCUT2D eigenvalue weighted by atomic mass is 10.2. The normalized spacial score (nSPS) is 14.6. The second-order valence-corrected chi connectivity index (χ2v) is 8.72. The van der Waals surface area contributed by atoms with Crippen molar-refractivity contribution in [3.8, 4) is 17.2 Å². The van der Waals surface area contributed by atoms with E-state index in [9.17, 15) is 14.4 Å². The molecule has 35 heavy (non-hydrogen) atoms. The van der Waals surface area contributed by atoms with Crippen LogP contribution in [-0.4, -0.2) is 61.5 Å². The van der Waals surface area contributed by atoms with Crippen molar-refractivity contribution in [2.45, 2.75) is 52.5 Å². The van der Waals surface area contributed by atoms with Gasteiger partial charge in [0, 0.05) is 13.1 Å². The van der Waals surface area contributed by atoms with Gasteiger partial charge in [-0.3, -0.25) is 14.2 Å². The number of carbonyl (C=O) groups excluding carboxylic acids is 1. The molecule has 1 saturated heterocycles. The zero-order valence-electron chi connectivity index (χ0n) is 20.2. The van der Waals surface area contributed by atoms with Crippen LogP contribution in [0.5, 0.6) is 0 Å². The number of nitrogens with zero attached hydrogens (tertiary/aromatic N) is 6. The third kappa shape index (κ3) is 5.73. The Kier molecular flexibility index (Phi) is 7.86. The van der Waals surface area contributed by atoms with Crippen LogP contribution < -0.4 is 16.6 Å². The molecule has 1 N–H and O–H groups in total. The molecule has 1 aliphatic rings. The lowest BCUT2D eigenvalue weighted by Crippen LogP contribution is -2.41. The zero-order valence-corrected chi connectivity index (χ0v) is 20.2. The summed E-state index contributed by atoms with van der Waals surface area (Å²) >= 11 is 0. The Labute approximate surface area is 202 Å². The third-order valence-electron chi connectivity index (χ3n) is 6.12. The van der Waals surface area contributed by atoms with Crippen molar-refractivity contribution in [2.75, 3.05) is 26.2 Å². The van der Waals surface area contributed by atoms with Gasteiger partial charge < -0.3 is 14.7 Å². The fourth-order valence-corrected chi connectivity index (χ4v) is 4.14. The molecule has 3 heterocycles. The van der Waals surface area contributed by atoms with Crippen LogP contribution in [0.2, 0.25) is 0 Å². The minimum Gasteiger partial charge on any atom is -0.348 e. The molecule has 1 fully saturated rings. The summed E-state index contributed by atoms with van der Waals surface area (Å²) in [6.07, 6.45) is 5.84. The van der Waals surface area contributed by atoms with Crippen molar-refractivity contribution in [1.29, 1.82) is 0 Å². The van der Waals surface area contributed by atoms with Crippen molar-refractivity contribution in [3.63, 3.8) is 0 Å². The molecule has 1 aromatic carbocycles. The van der Waals surface area contributed by atoms with E-state index in [2.05, 4.69) is 25.5 Å². The first-order chi connectivity index (χ1) is 17.0. The first kappa shape index (κ1) is 24.5. The van der Waals surface area contributed by atoms with Crippen molar-refractivity contribution in [3.05, 3.63) is 56.6 Å². The van der Waals surface area contributed by atoms with Gasteiger partial charge in [-0.1, -0.05) is 35.7 Å². The van der Waals surface area contributed by atoms with E-state index in [1.807, 2.05) is 19.1 Å². The average Bonchev–Trinajstić information content (AvgIpc) is 3.20. The standard InChI is InChI=1S/C24H31N7O4/c1-3-30-23(33)19(27-31(24(30)34)18-11-9-17(2)10-12-18)20-26-22(35-28-20)21(32)25-13-8-16-29-14-6-4-5-7-15-29/h9-12H,3-8,13-16H2,1-2H3,(H,25,32). The Bertz CT molecular complexity index is 1270. The van der Waals surface area contributed by atoms with Crippen molar-refractivity contribution < 1.29 is 9.32 Å². The number of carbonyl (C=O) groups is 1. The predicted molar refractivity (Wildman–Crippen MR) is 130 cm³/mol. The molecule has 0 spiro atoms. The van der Waals surface area contributed by atoms with Gasteiger partial charge in [0.15, 0.2) is 5.69 Å². The second kappa shape index (κ2) is 11.2. The molecule has 0 atom stereocenters. The van der Waals surface area contributed by atoms with Gasteiger partial charge in [-0.15, -0.1) is 0 Å². The maximum atomic E-state index is 12.9. The molecule has 11 heteroatoms. The summed E-state index contributed by atoms with van der Waals surface area (Å²) in [5.41, 5.74) is 0.124. The van der Waals surface area contributed by atoms with Crippen LogP contribution in [0.4, 0.5) is 0 Å². The molecular weight excluding hydrogens is 450 g/mol. The summed E-state index contributed by atoms with van der Waals surface area (Å²) in [6, 6.07) is 7.15. The fourth-order valence-electron chi connectivity index (χ4n) is 4.14. The quantitative estimate of drug-likeness (QED) is 0.482. The highest BCUT2D eigenvalue weighted by Gasteiger charge is 2.22. The van der Waals surface area contributed by atoms with E-state index in [0.29, 0.717) is 12.2 Å². The van der Waals surface area contributed by atoms with Crippen molar-refractivity contribution in [2.24, 2.45) is 0 Å². The molecule has 3 aromatic rings. The number of hydrogen-bond acceptors (Lipinski definition) is 8. The maximum Gasteiger partial charge on any atom is 0.352 e. The van der Waals surface area contributed by atoms with Crippen LogP contribution in [0.25, 0.3) is 17.2 Å². The number of nitrogens with one attached hydrogen (secondary N) is 1. The van der Waals surface area contributed by atoms with Crippen LogP contribution >= 0.6 is 0 Å². The molecule has 11 nitrogen and oxygen atoms in total. The fraction of sp³-hybridized carbons (Fsp3) is 0.500. The number of rotatable bonds is 8. The zero-order chi connectivity index (χ0) is 24.8. The van der Waals surface area contributed by atoms with E-state index in [1.54, 1.807) is 19.1 Å². The molecule has 186 valence electrons. The van der Waals surface area contributed by atoms with Gasteiger partial charge in [0.1, 0.15) is 0 Å². The molecule has 0 aliphatic carbocycles. The number of hydrogen-bond donors (Lipinski definition) is 1. The minimum atomic E-state index is -0.647. The molecular formula is C24H31N7O4. The predicted octanol–water partition coefficient (Wildman–Crippen LogP) is 1.77. The second-order valence-electron chi connectivity index (χ2n) is 8.72. The van der Waals surface area contributed by atoms with Crippen LogP contribution in [0.3, 0.4) is 0 Å². The topological polar surface area (TPSA) is 128 Å². The van der Waals surface area contributed by atoms with Crippen molar-refractivity contribution in [1.82, 2.24) is 34.7 Å². The van der Waals surface area contributed by atoms with Gasteiger partial charge >= 0.3 is 17.5 Å². The highest BCUT2D eigenvalue weighted by Crippen LogP contribution is 2.12. The Morgan fingerprint density at radius 2 is 1.80 bits per heavy atom. The maximum absolute atomic E-state index is 12.9. The summed E-state index contributed by atoms with van der Waals surface area (Å²) < 4.78 is 7.27. The lowest BCUT2D eigenvalue weighted by Gasteiger charge is -2.19. The molecule has 1 aliphatic heterocycles. The van der Waals surface area contributed by atoms with E-state index >= 15 is 0 Å². The van der Waals surface area contributed by atoms with Gasteiger partial charge in [0.05, 0.1) is 5.69 Å². The SMILES string of the molecule is CCn1c(=O)c(-c2noc(C(=O)NCCCN3CCCCCC3)n2)nn(-c2ccc(C)cc2)c1=O. The Hall–Kier alpha value is -3.60. The van der Waals surface area contributed by atoms with Gasteiger partial charge in [0.25, 0.3) is 5.56 Å². The number of likely N-dealkylation sites (tertiary alicyclic amines) is 1.